The van der Waals surface area contributed by atoms with Gasteiger partial charge in [0, 0.05) is 11.4 Å². The highest BCUT2D eigenvalue weighted by Crippen LogP contribution is 2.27. The van der Waals surface area contributed by atoms with Crippen LogP contribution in [-0.4, -0.2) is 29.2 Å². The zero-order valence-electron chi connectivity index (χ0n) is 9.52. The molecule has 2 N–H and O–H groups in total. The van der Waals surface area contributed by atoms with Crippen molar-refractivity contribution in [1.29, 1.82) is 0 Å². The van der Waals surface area contributed by atoms with Crippen molar-refractivity contribution in [2.45, 2.75) is 18.9 Å². The van der Waals surface area contributed by atoms with Gasteiger partial charge in [-0.05, 0) is 24.5 Å². The maximum atomic E-state index is 10.7. The number of aliphatic carboxylic acids is 1. The minimum atomic E-state index is -1.56. The molecule has 0 bridgehead atoms. The molecule has 4 nitrogen and oxygen atoms in total. The minimum absolute atomic E-state index is 0.259. The number of carboxylic acids is 1. The van der Waals surface area contributed by atoms with Crippen LogP contribution >= 0.6 is 11.6 Å². The van der Waals surface area contributed by atoms with Gasteiger partial charge in [-0.25, -0.2) is 4.79 Å². The quantitative estimate of drug-likeness (QED) is 0.766. The molecule has 94 valence electrons. The fraction of sp³-hybridized carbons (Fsp3) is 0.417. The Morgan fingerprint density at radius 3 is 2.76 bits per heavy atom. The molecule has 0 aliphatic carbocycles. The summed E-state index contributed by atoms with van der Waals surface area (Å²) in [6.45, 7) is 0. The van der Waals surface area contributed by atoms with Gasteiger partial charge in [0.1, 0.15) is 5.75 Å². The number of hydrogen-bond donors (Lipinski definition) is 2. The number of benzene rings is 1. The van der Waals surface area contributed by atoms with E-state index in [4.69, 9.17) is 21.4 Å². The van der Waals surface area contributed by atoms with Crippen molar-refractivity contribution in [1.82, 2.24) is 0 Å². The molecule has 1 aromatic rings. The van der Waals surface area contributed by atoms with Crippen LogP contribution < -0.4 is 4.74 Å². The largest absolute Gasteiger partial charge is 0.496 e. The number of rotatable bonds is 6. The summed E-state index contributed by atoms with van der Waals surface area (Å²) in [6, 6.07) is 5.08. The molecule has 0 aromatic heterocycles. The number of carboxylic acid groups (broad SMARTS) is 1. The van der Waals surface area contributed by atoms with Crippen LogP contribution in [-0.2, 0) is 11.2 Å². The summed E-state index contributed by atoms with van der Waals surface area (Å²) in [6.07, 6.45) is 0.0708. The third-order valence-corrected chi connectivity index (χ3v) is 2.69. The summed E-state index contributed by atoms with van der Waals surface area (Å²) in [5.74, 6) is -0.342. The molecular weight excluding hydrogens is 244 g/mol. The van der Waals surface area contributed by atoms with Crippen LogP contribution in [0, 0.1) is 0 Å². The van der Waals surface area contributed by atoms with Crippen molar-refractivity contribution in [3.63, 3.8) is 0 Å². The van der Waals surface area contributed by atoms with Gasteiger partial charge >= 0.3 is 5.97 Å². The molecule has 0 heterocycles. The lowest BCUT2D eigenvalue weighted by Gasteiger charge is -2.12. The van der Waals surface area contributed by atoms with Gasteiger partial charge in [0.25, 0.3) is 0 Å². The van der Waals surface area contributed by atoms with E-state index < -0.39 is 12.1 Å². The smallest absolute Gasteiger partial charge is 0.337 e. The summed E-state index contributed by atoms with van der Waals surface area (Å²) in [4.78, 5) is 10.7. The Kier molecular flexibility index (Phi) is 5.25. The fourth-order valence-electron chi connectivity index (χ4n) is 1.54. The Balaban J connectivity index is 2.96. The minimum Gasteiger partial charge on any atom is -0.496 e. The van der Waals surface area contributed by atoms with Crippen molar-refractivity contribution in [3.05, 3.63) is 29.3 Å². The zero-order valence-corrected chi connectivity index (χ0v) is 10.3. The van der Waals surface area contributed by atoms with Gasteiger partial charge in [-0.3, -0.25) is 0 Å². The lowest BCUT2D eigenvalue weighted by Crippen LogP contribution is -2.11. The molecule has 0 aliphatic rings. The molecule has 0 spiro atoms. The third kappa shape index (κ3) is 3.61. The van der Waals surface area contributed by atoms with Gasteiger partial charge < -0.3 is 14.9 Å². The van der Waals surface area contributed by atoms with E-state index >= 15 is 0 Å². The molecule has 0 saturated heterocycles. The Morgan fingerprint density at radius 2 is 2.24 bits per heavy atom. The normalized spacial score (nSPS) is 12.2. The first kappa shape index (κ1) is 13.8. The summed E-state index contributed by atoms with van der Waals surface area (Å²) >= 11 is 5.60. The van der Waals surface area contributed by atoms with Crippen LogP contribution in [0.15, 0.2) is 18.2 Å². The maximum Gasteiger partial charge on any atom is 0.337 e. The SMILES string of the molecule is COc1cc(CCCCl)ccc1C(O)C(=O)O. The Morgan fingerprint density at radius 1 is 1.53 bits per heavy atom. The Labute approximate surface area is 105 Å². The second-order valence-electron chi connectivity index (χ2n) is 3.61. The Hall–Kier alpha value is -1.26. The van der Waals surface area contributed by atoms with Crippen molar-refractivity contribution in [3.8, 4) is 5.75 Å². The zero-order chi connectivity index (χ0) is 12.8. The lowest BCUT2D eigenvalue weighted by atomic mass is 10.0. The van der Waals surface area contributed by atoms with E-state index in [1.807, 2.05) is 0 Å². The highest BCUT2D eigenvalue weighted by Gasteiger charge is 2.20. The highest BCUT2D eigenvalue weighted by atomic mass is 35.5. The summed E-state index contributed by atoms with van der Waals surface area (Å²) in [7, 11) is 1.44. The topological polar surface area (TPSA) is 66.8 Å². The molecule has 5 heteroatoms. The highest BCUT2D eigenvalue weighted by molar-refractivity contribution is 6.17. The second-order valence-corrected chi connectivity index (χ2v) is 3.99. The molecule has 1 rings (SSSR count). The van der Waals surface area contributed by atoms with Gasteiger partial charge in [-0.2, -0.15) is 0 Å². The number of aliphatic hydroxyl groups is 1. The number of aryl methyl sites for hydroxylation is 1. The van der Waals surface area contributed by atoms with Crippen LogP contribution in [0.25, 0.3) is 0 Å². The van der Waals surface area contributed by atoms with E-state index in [2.05, 4.69) is 0 Å². The molecule has 1 atom stereocenters. The molecule has 0 radical (unpaired) electrons. The molecule has 0 amide bonds. The standard InChI is InChI=1S/C12H15ClO4/c1-17-10-7-8(3-2-6-13)4-5-9(10)11(14)12(15)16/h4-5,7,11,14H,2-3,6H2,1H3,(H,15,16). The van der Waals surface area contributed by atoms with Gasteiger partial charge in [-0.1, -0.05) is 12.1 Å². The van der Waals surface area contributed by atoms with E-state index in [0.29, 0.717) is 11.6 Å². The molecular formula is C12H15ClO4. The first-order chi connectivity index (χ1) is 8.10. The fourth-order valence-corrected chi connectivity index (χ4v) is 1.67. The number of hydrogen-bond acceptors (Lipinski definition) is 3. The summed E-state index contributed by atoms with van der Waals surface area (Å²) in [5.41, 5.74) is 1.26. The van der Waals surface area contributed by atoms with Crippen molar-refractivity contribution >= 4 is 17.6 Å². The van der Waals surface area contributed by atoms with Gasteiger partial charge in [0.15, 0.2) is 6.10 Å². The van der Waals surface area contributed by atoms with Gasteiger partial charge in [0.05, 0.1) is 7.11 Å². The molecule has 1 aromatic carbocycles. The maximum absolute atomic E-state index is 10.7. The van der Waals surface area contributed by atoms with Crippen LogP contribution in [0.1, 0.15) is 23.7 Å². The predicted octanol–water partition coefficient (Wildman–Crippen LogP) is 1.98. The molecule has 17 heavy (non-hydrogen) atoms. The summed E-state index contributed by atoms with van der Waals surface area (Å²) in [5, 5.41) is 18.2. The third-order valence-electron chi connectivity index (χ3n) is 2.43. The van der Waals surface area contributed by atoms with Crippen LogP contribution in [0.4, 0.5) is 0 Å². The number of methoxy groups -OCH3 is 1. The first-order valence-corrected chi connectivity index (χ1v) is 5.77. The number of halogens is 1. The average molecular weight is 259 g/mol. The monoisotopic (exact) mass is 258 g/mol. The number of ether oxygens (including phenoxy) is 1. The first-order valence-electron chi connectivity index (χ1n) is 5.23. The van der Waals surface area contributed by atoms with Crippen LogP contribution in [0.3, 0.4) is 0 Å². The average Bonchev–Trinajstić information content (AvgIpc) is 2.34. The molecule has 1 unspecified atom stereocenters. The molecule has 0 aliphatic heterocycles. The van der Waals surface area contributed by atoms with E-state index in [1.54, 1.807) is 18.2 Å². The van der Waals surface area contributed by atoms with Gasteiger partial charge in [0.2, 0.25) is 0 Å². The lowest BCUT2D eigenvalue weighted by molar-refractivity contribution is -0.147. The number of alkyl halides is 1. The Bertz CT molecular complexity index is 392. The van der Waals surface area contributed by atoms with E-state index in [-0.39, 0.29) is 5.56 Å². The van der Waals surface area contributed by atoms with Gasteiger partial charge in [-0.15, -0.1) is 11.6 Å². The van der Waals surface area contributed by atoms with E-state index in [9.17, 15) is 9.90 Å². The second kappa shape index (κ2) is 6.47. The summed E-state index contributed by atoms with van der Waals surface area (Å²) < 4.78 is 5.08. The van der Waals surface area contributed by atoms with Crippen LogP contribution in [0.5, 0.6) is 5.75 Å². The van der Waals surface area contributed by atoms with E-state index in [1.165, 1.54) is 7.11 Å². The van der Waals surface area contributed by atoms with Crippen molar-refractivity contribution < 1.29 is 19.7 Å². The number of carbonyl (C=O) groups is 1. The van der Waals surface area contributed by atoms with Crippen molar-refractivity contribution in [2.75, 3.05) is 13.0 Å². The molecule has 0 fully saturated rings. The van der Waals surface area contributed by atoms with Crippen molar-refractivity contribution in [2.24, 2.45) is 0 Å². The molecule has 0 saturated carbocycles. The number of aliphatic hydroxyl groups excluding tert-OH is 1. The van der Waals surface area contributed by atoms with Crippen LogP contribution in [0.2, 0.25) is 0 Å². The van der Waals surface area contributed by atoms with E-state index in [0.717, 1.165) is 18.4 Å². The predicted molar refractivity (Wildman–Crippen MR) is 64.6 cm³/mol.